The molecule has 2 aliphatic heterocycles. The average Bonchev–Trinajstić information content (AvgIpc) is 3.69. The van der Waals surface area contributed by atoms with Gasteiger partial charge in [0.2, 0.25) is 11.9 Å². The Bertz CT molecular complexity index is 1770. The van der Waals surface area contributed by atoms with Crippen LogP contribution in [0.3, 0.4) is 0 Å². The van der Waals surface area contributed by atoms with Gasteiger partial charge in [-0.25, -0.2) is 9.97 Å². The smallest absolute Gasteiger partial charge is 0.280 e. The molecule has 2 aliphatic rings. The highest BCUT2D eigenvalue weighted by atomic mass is 28.3. The highest BCUT2D eigenvalue weighted by Crippen LogP contribution is 2.33. The van der Waals surface area contributed by atoms with E-state index in [1.807, 2.05) is 13.1 Å². The maximum atomic E-state index is 12.2. The molecule has 232 valence electrons. The summed E-state index contributed by atoms with van der Waals surface area (Å²) in [5.41, 5.74) is 10.5. The van der Waals surface area contributed by atoms with Crippen LogP contribution in [0.15, 0.2) is 22.2 Å². The molecule has 2 saturated heterocycles. The summed E-state index contributed by atoms with van der Waals surface area (Å²) in [5.74, 6) is -0.266. The number of aromatic amines is 2. The van der Waals surface area contributed by atoms with Crippen LogP contribution in [-0.2, 0) is 9.47 Å². The highest BCUT2D eigenvalue weighted by molar-refractivity contribution is 6.72. The lowest BCUT2D eigenvalue weighted by Gasteiger charge is -2.33. The van der Waals surface area contributed by atoms with Crippen molar-refractivity contribution in [2.75, 3.05) is 24.6 Å². The Labute approximate surface area is 241 Å². The van der Waals surface area contributed by atoms with Crippen LogP contribution in [0.4, 0.5) is 11.9 Å². The quantitative estimate of drug-likeness (QED) is 0.0830. The van der Waals surface area contributed by atoms with Gasteiger partial charge in [-0.2, -0.15) is 9.97 Å². The summed E-state index contributed by atoms with van der Waals surface area (Å²) < 4.78 is 14.6. The van der Waals surface area contributed by atoms with Crippen molar-refractivity contribution in [2.45, 2.75) is 62.1 Å². The number of H-pyrrole nitrogens is 2. The predicted molar refractivity (Wildman–Crippen MR) is 150 cm³/mol. The van der Waals surface area contributed by atoms with E-state index in [4.69, 9.17) is 20.9 Å². The lowest BCUT2D eigenvalue weighted by atomic mass is 10.1. The van der Waals surface area contributed by atoms with E-state index in [-0.39, 0.29) is 40.8 Å². The lowest BCUT2D eigenvalue weighted by molar-refractivity contribution is -0.0489. The van der Waals surface area contributed by atoms with Crippen LogP contribution in [0, 0.1) is 0 Å². The molecule has 4 aromatic rings. The molecule has 12 N–H and O–H groups in total. The van der Waals surface area contributed by atoms with Gasteiger partial charge in [-0.3, -0.25) is 28.7 Å². The van der Waals surface area contributed by atoms with E-state index in [0.29, 0.717) is 0 Å². The van der Waals surface area contributed by atoms with Gasteiger partial charge in [0, 0.05) is 6.54 Å². The standard InChI is InChI=1S/C22H32N12O8Si/c1-43(2,27-3-7-12(36)14(38)20(41-7)34-6-26-11-16(34)29-22(24)31-18(11)40)32-9-8(4-35)42-19(13(9)37)33-5-25-10-15(33)28-21(23)30-17(10)39/h5-9,12-14,19-20,27,32,35-38H,3-4H2,1-2H3,(H3,23,28,30,39)(H3,24,29,31,40)/t7-,8-,9-,12-,13-,14-,19-,20-/m1/s1. The van der Waals surface area contributed by atoms with Gasteiger partial charge in [-0.1, -0.05) is 0 Å². The third-order valence-electron chi connectivity index (χ3n) is 7.61. The Morgan fingerprint density at radius 1 is 0.884 bits per heavy atom. The van der Waals surface area contributed by atoms with Gasteiger partial charge in [0.1, 0.15) is 30.5 Å². The van der Waals surface area contributed by atoms with Gasteiger partial charge < -0.3 is 51.3 Å². The minimum atomic E-state index is -2.65. The van der Waals surface area contributed by atoms with E-state index in [2.05, 4.69) is 39.9 Å². The Kier molecular flexibility index (Phi) is 7.30. The second-order valence-electron chi connectivity index (χ2n) is 11.0. The second kappa shape index (κ2) is 10.7. The molecule has 0 aromatic carbocycles. The predicted octanol–water partition coefficient (Wildman–Crippen LogP) is -4.46. The summed E-state index contributed by atoms with van der Waals surface area (Å²) in [6, 6.07) is -0.749. The maximum absolute atomic E-state index is 12.2. The largest absolute Gasteiger partial charge is 0.394 e. The number of imidazole rings is 2. The van der Waals surface area contributed by atoms with Gasteiger partial charge in [0.05, 0.1) is 25.3 Å². The van der Waals surface area contributed by atoms with Crippen molar-refractivity contribution in [3.8, 4) is 0 Å². The number of nitrogens with one attached hydrogen (secondary N) is 4. The Hall–Kier alpha value is -3.80. The number of fused-ring (bicyclic) bond motifs is 2. The lowest BCUT2D eigenvalue weighted by Crippen LogP contribution is -2.66. The van der Waals surface area contributed by atoms with Crippen LogP contribution in [0.2, 0.25) is 13.1 Å². The minimum Gasteiger partial charge on any atom is -0.394 e. The molecule has 6 rings (SSSR count). The van der Waals surface area contributed by atoms with Crippen LogP contribution < -0.4 is 32.6 Å². The van der Waals surface area contributed by atoms with Crippen LogP contribution in [0.1, 0.15) is 12.5 Å². The van der Waals surface area contributed by atoms with Gasteiger partial charge in [0.15, 0.2) is 43.2 Å². The number of nitrogens with zero attached hydrogens (tertiary/aromatic N) is 6. The van der Waals surface area contributed by atoms with Crippen molar-refractivity contribution in [1.82, 2.24) is 49.0 Å². The summed E-state index contributed by atoms with van der Waals surface area (Å²) in [5, 5.41) is 42.8. The number of nitrogen functional groups attached to an aromatic ring is 2. The highest BCUT2D eigenvalue weighted by Gasteiger charge is 2.48. The van der Waals surface area contributed by atoms with E-state index >= 15 is 0 Å². The summed E-state index contributed by atoms with van der Waals surface area (Å²) in [4.78, 5) is 52.0. The molecule has 2 fully saturated rings. The minimum absolute atomic E-state index is 0.00243. The molecule has 8 atom stereocenters. The summed E-state index contributed by atoms with van der Waals surface area (Å²) in [6.07, 6.45) is -5.10. The average molecular weight is 621 g/mol. The van der Waals surface area contributed by atoms with Crippen molar-refractivity contribution < 1.29 is 29.9 Å². The van der Waals surface area contributed by atoms with Crippen molar-refractivity contribution >= 4 is 42.6 Å². The summed E-state index contributed by atoms with van der Waals surface area (Å²) in [6.45, 7) is 3.47. The van der Waals surface area contributed by atoms with Crippen LogP contribution in [-0.4, -0.2) is 118 Å². The summed E-state index contributed by atoms with van der Waals surface area (Å²) >= 11 is 0. The van der Waals surface area contributed by atoms with E-state index in [1.54, 1.807) is 0 Å². The number of rotatable bonds is 8. The number of hydrogen-bond acceptors (Lipinski definition) is 16. The SMILES string of the molecule is C[Si](C)(NC[C@H]1O[C@@H](n2cnc3c(=O)[nH]c(N)nc32)[C@H](O)[C@@H]1O)N[C@H]1[C@@H](O)[C@H](n2cnc3c(=O)[nH]c(N)nc32)O[C@@H]1CO. The van der Waals surface area contributed by atoms with Crippen LogP contribution >= 0.6 is 0 Å². The molecule has 4 aromatic heterocycles. The molecule has 21 heteroatoms. The first-order valence-electron chi connectivity index (χ1n) is 13.3. The zero-order valence-corrected chi connectivity index (χ0v) is 23.9. The number of hydrogen-bond donors (Lipinski definition) is 10. The zero-order valence-electron chi connectivity index (χ0n) is 22.9. The molecule has 0 saturated carbocycles. The number of aromatic nitrogens is 8. The fourth-order valence-corrected chi connectivity index (χ4v) is 7.52. The zero-order chi connectivity index (χ0) is 30.8. The van der Waals surface area contributed by atoms with E-state index in [1.165, 1.54) is 21.8 Å². The molecule has 0 bridgehead atoms. The first kappa shape index (κ1) is 29.3. The van der Waals surface area contributed by atoms with Crippen LogP contribution in [0.5, 0.6) is 0 Å². The first-order valence-corrected chi connectivity index (χ1v) is 16.3. The first-order chi connectivity index (χ1) is 20.4. The van der Waals surface area contributed by atoms with Crippen LogP contribution in [0.25, 0.3) is 22.3 Å². The molecule has 20 nitrogen and oxygen atoms in total. The van der Waals surface area contributed by atoms with E-state index in [0.717, 1.165) is 0 Å². The normalized spacial score (nSPS) is 29.7. The topological polar surface area (TPSA) is 303 Å². The molecule has 0 radical (unpaired) electrons. The van der Waals surface area contributed by atoms with Gasteiger partial charge in [-0.05, 0) is 13.1 Å². The number of aliphatic hydroxyl groups excluding tert-OH is 4. The number of nitrogens with two attached hydrogens (primary N) is 2. The third-order valence-corrected chi connectivity index (χ3v) is 9.76. The fraction of sp³-hybridized carbons (Fsp3) is 0.545. The molecule has 0 amide bonds. The number of anilines is 2. The van der Waals surface area contributed by atoms with Crippen molar-refractivity contribution in [3.05, 3.63) is 33.4 Å². The van der Waals surface area contributed by atoms with E-state index in [9.17, 15) is 30.0 Å². The van der Waals surface area contributed by atoms with Gasteiger partial charge in [-0.15, -0.1) is 0 Å². The van der Waals surface area contributed by atoms with Gasteiger partial charge >= 0.3 is 0 Å². The molecule has 0 spiro atoms. The monoisotopic (exact) mass is 620 g/mol. The Morgan fingerprint density at radius 2 is 1.40 bits per heavy atom. The second-order valence-corrected chi connectivity index (χ2v) is 14.9. The van der Waals surface area contributed by atoms with Crippen molar-refractivity contribution in [2.24, 2.45) is 0 Å². The number of ether oxygens (including phenoxy) is 2. The van der Waals surface area contributed by atoms with Crippen molar-refractivity contribution in [3.63, 3.8) is 0 Å². The Morgan fingerprint density at radius 3 is 1.93 bits per heavy atom. The molecule has 43 heavy (non-hydrogen) atoms. The molecule has 0 aliphatic carbocycles. The molecule has 6 heterocycles. The maximum Gasteiger partial charge on any atom is 0.280 e. The third kappa shape index (κ3) is 5.09. The molecular formula is C22H32N12O8Si. The van der Waals surface area contributed by atoms with Gasteiger partial charge in [0.25, 0.3) is 11.1 Å². The molecule has 0 unspecified atom stereocenters. The number of aliphatic hydroxyl groups is 4. The molecular weight excluding hydrogens is 588 g/mol. The van der Waals surface area contributed by atoms with E-state index < -0.39 is 75.1 Å². The Balaban J connectivity index is 1.15. The van der Waals surface area contributed by atoms with Crippen molar-refractivity contribution in [1.29, 1.82) is 0 Å². The summed E-state index contributed by atoms with van der Waals surface area (Å²) in [7, 11) is -2.65. The fourth-order valence-electron chi connectivity index (χ4n) is 5.52.